The Labute approximate surface area is 252 Å². The fourth-order valence-corrected chi connectivity index (χ4v) is 5.09. The lowest BCUT2D eigenvalue weighted by atomic mass is 9.95. The van der Waals surface area contributed by atoms with Gasteiger partial charge in [-0.2, -0.15) is 0 Å². The molecule has 3 aromatic carbocycles. The summed E-state index contributed by atoms with van der Waals surface area (Å²) in [4.78, 5) is 33.7. The number of carbonyl (C=O) groups excluding carboxylic acids is 2. The first-order valence-electron chi connectivity index (χ1n) is 14.6. The number of ether oxygens (including phenoxy) is 1. The Morgan fingerprint density at radius 3 is 2.42 bits per heavy atom. The second-order valence-electron chi connectivity index (χ2n) is 10.4. The van der Waals surface area contributed by atoms with Crippen LogP contribution in [0.5, 0.6) is 5.75 Å². The van der Waals surface area contributed by atoms with E-state index in [1.54, 1.807) is 24.5 Å². The number of carbonyl (C=O) groups is 2. The third kappa shape index (κ3) is 8.41. The Morgan fingerprint density at radius 2 is 1.70 bits per heavy atom. The number of pyridine rings is 1. The van der Waals surface area contributed by atoms with Gasteiger partial charge >= 0.3 is 6.03 Å². The normalized spacial score (nSPS) is 13.4. The molecule has 9 nitrogen and oxygen atoms in total. The standard InChI is InChI=1S/C34H37N5O4/c40-21-20-38-16-18-39(19-17-38)33(41)29-9-8-28(32(23-29)27-6-2-1-3-7-27)14-22-43-31-12-10-30(11-13-31)37-34(42)36-25-26-5-4-15-35-24-26/h1-13,15,23-24,40H,14,16-22,25H2,(H2,36,37,42). The van der Waals surface area contributed by atoms with Crippen LogP contribution in [0.2, 0.25) is 0 Å². The fraction of sp³-hybridized carbons (Fsp3) is 0.265. The number of benzene rings is 3. The number of hydrogen-bond donors (Lipinski definition) is 3. The van der Waals surface area contributed by atoms with Gasteiger partial charge in [0.2, 0.25) is 0 Å². The molecule has 5 rings (SSSR count). The van der Waals surface area contributed by atoms with E-state index in [-0.39, 0.29) is 18.5 Å². The van der Waals surface area contributed by atoms with E-state index in [0.717, 1.165) is 35.3 Å². The molecule has 1 fully saturated rings. The number of anilines is 1. The van der Waals surface area contributed by atoms with E-state index < -0.39 is 0 Å². The number of piperazine rings is 1. The number of nitrogens with one attached hydrogen (secondary N) is 2. The Bertz CT molecular complexity index is 1470. The average Bonchev–Trinajstić information content (AvgIpc) is 3.06. The molecule has 0 unspecified atom stereocenters. The zero-order valence-electron chi connectivity index (χ0n) is 24.1. The van der Waals surface area contributed by atoms with Gasteiger partial charge in [-0.25, -0.2) is 4.79 Å². The van der Waals surface area contributed by atoms with Crippen LogP contribution in [0.3, 0.4) is 0 Å². The van der Waals surface area contributed by atoms with Crippen molar-refractivity contribution in [2.75, 3.05) is 51.3 Å². The van der Waals surface area contributed by atoms with E-state index in [1.165, 1.54) is 0 Å². The molecule has 222 valence electrons. The highest BCUT2D eigenvalue weighted by molar-refractivity contribution is 5.96. The Hall–Kier alpha value is -4.73. The second-order valence-corrected chi connectivity index (χ2v) is 10.4. The summed E-state index contributed by atoms with van der Waals surface area (Å²) in [6.45, 7) is 4.46. The lowest BCUT2D eigenvalue weighted by Crippen LogP contribution is -2.49. The van der Waals surface area contributed by atoms with Gasteiger partial charge in [-0.3, -0.25) is 14.7 Å². The molecule has 0 atom stereocenters. The predicted molar refractivity (Wildman–Crippen MR) is 167 cm³/mol. The van der Waals surface area contributed by atoms with Crippen LogP contribution in [-0.4, -0.2) is 77.8 Å². The van der Waals surface area contributed by atoms with Crippen LogP contribution >= 0.6 is 0 Å². The summed E-state index contributed by atoms with van der Waals surface area (Å²) in [7, 11) is 0. The topological polar surface area (TPSA) is 107 Å². The maximum atomic E-state index is 13.4. The molecule has 2 heterocycles. The van der Waals surface area contributed by atoms with Crippen molar-refractivity contribution in [2.24, 2.45) is 0 Å². The molecule has 0 saturated carbocycles. The molecular formula is C34H37N5O4. The van der Waals surface area contributed by atoms with Crippen molar-refractivity contribution in [1.29, 1.82) is 0 Å². The first-order chi connectivity index (χ1) is 21.1. The number of aliphatic hydroxyl groups excluding tert-OH is 1. The highest BCUT2D eigenvalue weighted by atomic mass is 16.5. The van der Waals surface area contributed by atoms with E-state index in [0.29, 0.717) is 56.2 Å². The van der Waals surface area contributed by atoms with Crippen molar-refractivity contribution < 1.29 is 19.4 Å². The minimum atomic E-state index is -0.295. The second kappa shape index (κ2) is 14.9. The minimum Gasteiger partial charge on any atom is -0.493 e. The smallest absolute Gasteiger partial charge is 0.319 e. The van der Waals surface area contributed by atoms with Gasteiger partial charge in [-0.05, 0) is 64.7 Å². The van der Waals surface area contributed by atoms with Crippen LogP contribution in [0.4, 0.5) is 10.5 Å². The molecule has 4 aromatic rings. The van der Waals surface area contributed by atoms with Crippen LogP contribution in [0.15, 0.2) is 97.3 Å². The van der Waals surface area contributed by atoms with E-state index in [9.17, 15) is 14.7 Å². The number of aliphatic hydroxyl groups is 1. The largest absolute Gasteiger partial charge is 0.493 e. The summed E-state index contributed by atoms with van der Waals surface area (Å²) in [5, 5.41) is 14.8. The quantitative estimate of drug-likeness (QED) is 0.243. The van der Waals surface area contributed by atoms with Crippen LogP contribution in [-0.2, 0) is 13.0 Å². The van der Waals surface area contributed by atoms with Crippen molar-refractivity contribution in [2.45, 2.75) is 13.0 Å². The molecule has 1 aliphatic heterocycles. The molecule has 0 spiro atoms. The number of hydrogen-bond acceptors (Lipinski definition) is 6. The Morgan fingerprint density at radius 1 is 0.907 bits per heavy atom. The highest BCUT2D eigenvalue weighted by Crippen LogP contribution is 2.27. The fourth-order valence-electron chi connectivity index (χ4n) is 5.09. The number of urea groups is 1. The van der Waals surface area contributed by atoms with Gasteiger partial charge in [0.25, 0.3) is 5.91 Å². The summed E-state index contributed by atoms with van der Waals surface area (Å²) < 4.78 is 6.04. The van der Waals surface area contributed by atoms with Crippen molar-refractivity contribution in [3.63, 3.8) is 0 Å². The van der Waals surface area contributed by atoms with Gasteiger partial charge in [0, 0.05) is 69.3 Å². The monoisotopic (exact) mass is 579 g/mol. The van der Waals surface area contributed by atoms with Crippen molar-refractivity contribution >= 4 is 17.6 Å². The zero-order valence-corrected chi connectivity index (χ0v) is 24.1. The van der Waals surface area contributed by atoms with E-state index in [4.69, 9.17) is 4.74 Å². The molecule has 0 bridgehead atoms. The van der Waals surface area contributed by atoms with Gasteiger partial charge in [0.1, 0.15) is 5.75 Å². The molecule has 3 amide bonds. The minimum absolute atomic E-state index is 0.0306. The molecule has 1 aliphatic rings. The van der Waals surface area contributed by atoms with Crippen LogP contribution in [0.25, 0.3) is 11.1 Å². The molecule has 1 saturated heterocycles. The molecule has 3 N–H and O–H groups in total. The number of nitrogens with zero attached hydrogens (tertiary/aromatic N) is 3. The summed E-state index contributed by atoms with van der Waals surface area (Å²) in [6.07, 6.45) is 4.07. The third-order valence-electron chi connectivity index (χ3n) is 7.45. The Balaban J connectivity index is 1.17. The maximum absolute atomic E-state index is 13.4. The van der Waals surface area contributed by atoms with Crippen LogP contribution in [0, 0.1) is 0 Å². The average molecular weight is 580 g/mol. The number of rotatable bonds is 11. The summed E-state index contributed by atoms with van der Waals surface area (Å²) >= 11 is 0. The lowest BCUT2D eigenvalue weighted by molar-refractivity contribution is 0.0615. The highest BCUT2D eigenvalue weighted by Gasteiger charge is 2.22. The molecule has 1 aromatic heterocycles. The predicted octanol–water partition coefficient (Wildman–Crippen LogP) is 4.44. The number of β-amino-alcohol motifs (C(OH)–C–C–N with tert-alkyl or cyclic N) is 1. The van der Waals surface area contributed by atoms with Gasteiger partial charge in [-0.15, -0.1) is 0 Å². The van der Waals surface area contributed by atoms with Crippen LogP contribution < -0.4 is 15.4 Å². The van der Waals surface area contributed by atoms with E-state index >= 15 is 0 Å². The summed E-state index contributed by atoms with van der Waals surface area (Å²) in [5.74, 6) is 0.734. The van der Waals surface area contributed by atoms with Crippen LogP contribution in [0.1, 0.15) is 21.5 Å². The third-order valence-corrected chi connectivity index (χ3v) is 7.45. The molecular weight excluding hydrogens is 542 g/mol. The molecule has 9 heteroatoms. The first kappa shape index (κ1) is 29.8. The molecule has 43 heavy (non-hydrogen) atoms. The van der Waals surface area contributed by atoms with Gasteiger partial charge in [0.05, 0.1) is 13.2 Å². The SMILES string of the molecule is O=C(NCc1cccnc1)Nc1ccc(OCCc2ccc(C(=O)N3CCN(CCO)CC3)cc2-c2ccccc2)cc1. The first-order valence-corrected chi connectivity index (χ1v) is 14.6. The zero-order chi connectivity index (χ0) is 29.9. The van der Waals surface area contributed by atoms with E-state index in [1.807, 2.05) is 65.6 Å². The Kier molecular flexibility index (Phi) is 10.3. The maximum Gasteiger partial charge on any atom is 0.319 e. The van der Waals surface area contributed by atoms with Crippen molar-refractivity contribution in [3.8, 4) is 16.9 Å². The van der Waals surface area contributed by atoms with Crippen molar-refractivity contribution in [3.05, 3.63) is 114 Å². The molecule has 0 aliphatic carbocycles. The van der Waals surface area contributed by atoms with Gasteiger partial charge < -0.3 is 25.4 Å². The number of amides is 3. The summed E-state index contributed by atoms with van der Waals surface area (Å²) in [6, 6.07) is 26.7. The number of aromatic nitrogens is 1. The van der Waals surface area contributed by atoms with Gasteiger partial charge in [-0.1, -0.05) is 42.5 Å². The van der Waals surface area contributed by atoms with E-state index in [2.05, 4.69) is 32.7 Å². The summed E-state index contributed by atoms with van der Waals surface area (Å²) in [5.41, 5.74) is 5.43. The van der Waals surface area contributed by atoms with Crippen molar-refractivity contribution in [1.82, 2.24) is 20.1 Å². The molecule has 0 radical (unpaired) electrons. The lowest BCUT2D eigenvalue weighted by Gasteiger charge is -2.34. The van der Waals surface area contributed by atoms with Gasteiger partial charge in [0.15, 0.2) is 0 Å².